The number of primary amides is 1. The minimum Gasteiger partial charge on any atom is -0.391 e. The van der Waals surface area contributed by atoms with Gasteiger partial charge in [0.25, 0.3) is 0 Å². The van der Waals surface area contributed by atoms with E-state index in [1.807, 2.05) is 0 Å². The number of hydrogen-bond acceptors (Lipinski definition) is 4. The molecule has 1 rings (SSSR count). The molecular weight excluding hydrogens is 188 g/mol. The van der Waals surface area contributed by atoms with Crippen molar-refractivity contribution in [3.05, 3.63) is 12.3 Å². The summed E-state index contributed by atoms with van der Waals surface area (Å²) < 4.78 is 5.59. The van der Waals surface area contributed by atoms with Crippen molar-refractivity contribution in [1.82, 2.24) is 14.7 Å². The third-order valence-electron chi connectivity index (χ3n) is 1.37. The average molecular weight is 198 g/mol. The van der Waals surface area contributed by atoms with Gasteiger partial charge in [-0.3, -0.25) is 0 Å². The molecule has 0 radical (unpaired) electrons. The van der Waals surface area contributed by atoms with E-state index in [1.54, 1.807) is 0 Å². The molecule has 0 atom stereocenters. The fraction of sp³-hybridized carbons (Fsp3) is 0.286. The summed E-state index contributed by atoms with van der Waals surface area (Å²) in [4.78, 5) is 23.1. The summed E-state index contributed by atoms with van der Waals surface area (Å²) in [5.41, 5.74) is 4.97. The van der Waals surface area contributed by atoms with E-state index in [4.69, 9.17) is 10.5 Å². The summed E-state index contributed by atoms with van der Waals surface area (Å²) >= 11 is 0. The fourth-order valence-corrected chi connectivity index (χ4v) is 0.715. The minimum atomic E-state index is -0.809. The van der Waals surface area contributed by atoms with Gasteiger partial charge in [-0.25, -0.2) is 9.59 Å². The van der Waals surface area contributed by atoms with Crippen molar-refractivity contribution >= 4 is 12.1 Å². The van der Waals surface area contributed by atoms with E-state index in [0.717, 1.165) is 4.68 Å². The Morgan fingerprint density at radius 3 is 2.71 bits per heavy atom. The van der Waals surface area contributed by atoms with Crippen molar-refractivity contribution in [2.75, 3.05) is 14.1 Å². The molecule has 7 nitrogen and oxygen atoms in total. The average Bonchev–Trinajstić information content (AvgIpc) is 2.52. The van der Waals surface area contributed by atoms with Crippen LogP contribution in [0.15, 0.2) is 12.3 Å². The molecule has 1 heterocycles. The van der Waals surface area contributed by atoms with E-state index in [1.165, 1.54) is 31.3 Å². The summed E-state index contributed by atoms with van der Waals surface area (Å²) in [5.74, 6) is -0.00352. The zero-order valence-corrected chi connectivity index (χ0v) is 7.80. The van der Waals surface area contributed by atoms with Crippen molar-refractivity contribution in [3.8, 4) is 5.88 Å². The van der Waals surface area contributed by atoms with Crippen LogP contribution in [0.4, 0.5) is 9.59 Å². The second kappa shape index (κ2) is 3.77. The van der Waals surface area contributed by atoms with Gasteiger partial charge < -0.3 is 15.4 Å². The number of carbonyl (C=O) groups excluding carboxylic acids is 2. The summed E-state index contributed by atoms with van der Waals surface area (Å²) in [6, 6.07) is 0.558. The lowest BCUT2D eigenvalue weighted by molar-refractivity contribution is 0.168. The van der Waals surface area contributed by atoms with Crippen LogP contribution in [0.3, 0.4) is 0 Å². The van der Waals surface area contributed by atoms with Gasteiger partial charge in [0.05, 0.1) is 6.20 Å². The number of rotatable bonds is 1. The summed E-state index contributed by atoms with van der Waals surface area (Å²) in [6.45, 7) is 0. The predicted molar refractivity (Wildman–Crippen MR) is 46.9 cm³/mol. The maximum atomic E-state index is 11.1. The van der Waals surface area contributed by atoms with Crippen molar-refractivity contribution in [2.45, 2.75) is 0 Å². The highest BCUT2D eigenvalue weighted by molar-refractivity contribution is 5.77. The summed E-state index contributed by atoms with van der Waals surface area (Å²) in [5, 5.41) is 3.57. The fourth-order valence-electron chi connectivity index (χ4n) is 0.715. The number of amides is 2. The van der Waals surface area contributed by atoms with Crippen LogP contribution >= 0.6 is 0 Å². The van der Waals surface area contributed by atoms with Gasteiger partial charge in [-0.15, -0.1) is 4.68 Å². The second-order valence-corrected chi connectivity index (χ2v) is 2.68. The smallest absolute Gasteiger partial charge is 0.391 e. The van der Waals surface area contributed by atoms with Crippen LogP contribution in [0.25, 0.3) is 0 Å². The van der Waals surface area contributed by atoms with Gasteiger partial charge in [-0.2, -0.15) is 5.10 Å². The molecule has 2 N–H and O–H groups in total. The van der Waals surface area contributed by atoms with E-state index < -0.39 is 12.1 Å². The van der Waals surface area contributed by atoms with Crippen LogP contribution in [0.1, 0.15) is 0 Å². The van der Waals surface area contributed by atoms with E-state index in [0.29, 0.717) is 0 Å². The first kappa shape index (κ1) is 10.0. The molecule has 0 spiro atoms. The molecule has 1 aromatic heterocycles. The number of hydrogen-bond donors (Lipinski definition) is 1. The van der Waals surface area contributed by atoms with Crippen LogP contribution in [0.5, 0.6) is 5.88 Å². The Balaban J connectivity index is 2.82. The molecule has 0 aliphatic carbocycles. The Labute approximate surface area is 80.0 Å². The molecule has 2 amide bonds. The monoisotopic (exact) mass is 198 g/mol. The Morgan fingerprint density at radius 1 is 1.57 bits per heavy atom. The molecule has 14 heavy (non-hydrogen) atoms. The number of ether oxygens (including phenoxy) is 1. The lowest BCUT2D eigenvalue weighted by atomic mass is 10.7. The van der Waals surface area contributed by atoms with Crippen molar-refractivity contribution in [3.63, 3.8) is 0 Å². The maximum absolute atomic E-state index is 11.1. The zero-order valence-electron chi connectivity index (χ0n) is 7.80. The third kappa shape index (κ3) is 2.00. The summed E-state index contributed by atoms with van der Waals surface area (Å²) in [7, 11) is 3.04. The number of carbonyl (C=O) groups is 2. The lowest BCUT2D eigenvalue weighted by Crippen LogP contribution is -2.28. The number of aromatic nitrogens is 2. The predicted octanol–water partition coefficient (Wildman–Crippen LogP) is -0.130. The van der Waals surface area contributed by atoms with Gasteiger partial charge in [0.1, 0.15) is 0 Å². The molecule has 0 aliphatic heterocycles. The largest absolute Gasteiger partial charge is 0.416 e. The lowest BCUT2D eigenvalue weighted by Gasteiger charge is -2.10. The highest BCUT2D eigenvalue weighted by atomic mass is 16.6. The topological polar surface area (TPSA) is 90.5 Å². The molecular formula is C7H10N4O3. The number of nitrogens with two attached hydrogens (primary N) is 1. The Kier molecular flexibility index (Phi) is 2.70. The molecule has 0 bridgehead atoms. The molecule has 0 aromatic carbocycles. The first-order chi connectivity index (χ1) is 6.52. The Bertz CT molecular complexity index is 358. The van der Waals surface area contributed by atoms with Crippen LogP contribution < -0.4 is 10.5 Å². The molecule has 0 fully saturated rings. The van der Waals surface area contributed by atoms with E-state index in [2.05, 4.69) is 5.10 Å². The highest BCUT2D eigenvalue weighted by Gasteiger charge is 2.13. The van der Waals surface area contributed by atoms with Gasteiger partial charge in [-0.1, -0.05) is 0 Å². The van der Waals surface area contributed by atoms with Crippen LogP contribution in [0, 0.1) is 0 Å². The third-order valence-corrected chi connectivity index (χ3v) is 1.37. The van der Waals surface area contributed by atoms with Gasteiger partial charge >= 0.3 is 12.1 Å². The SMILES string of the molecule is CN(C)C(=O)Oc1ccnn1C(N)=O. The molecule has 76 valence electrons. The van der Waals surface area contributed by atoms with Crippen molar-refractivity contribution in [1.29, 1.82) is 0 Å². The van der Waals surface area contributed by atoms with Gasteiger partial charge in [0.2, 0.25) is 5.88 Å². The maximum Gasteiger partial charge on any atom is 0.416 e. The van der Waals surface area contributed by atoms with Gasteiger partial charge in [-0.05, 0) is 0 Å². The molecule has 7 heteroatoms. The zero-order chi connectivity index (χ0) is 10.7. The first-order valence-electron chi connectivity index (χ1n) is 3.75. The summed E-state index contributed by atoms with van der Waals surface area (Å²) in [6.07, 6.45) is 0.705. The van der Waals surface area contributed by atoms with E-state index in [9.17, 15) is 9.59 Å². The van der Waals surface area contributed by atoms with Gasteiger partial charge in [0, 0.05) is 20.2 Å². The standard InChI is InChI=1S/C7H10N4O3/c1-10(2)7(13)14-5-3-4-9-11(5)6(8)12/h3-4H,1-2H3,(H2,8,12). The van der Waals surface area contributed by atoms with Crippen molar-refractivity contribution < 1.29 is 14.3 Å². The van der Waals surface area contributed by atoms with Crippen LogP contribution in [0.2, 0.25) is 0 Å². The minimum absolute atomic E-state index is 0.00352. The highest BCUT2D eigenvalue weighted by Crippen LogP contribution is 2.09. The van der Waals surface area contributed by atoms with E-state index in [-0.39, 0.29) is 5.88 Å². The molecule has 0 saturated heterocycles. The normalized spacial score (nSPS) is 9.57. The molecule has 0 unspecified atom stereocenters. The molecule has 0 saturated carbocycles. The quantitative estimate of drug-likeness (QED) is 0.680. The van der Waals surface area contributed by atoms with Gasteiger partial charge in [0.15, 0.2) is 0 Å². The molecule has 1 aromatic rings. The first-order valence-corrected chi connectivity index (χ1v) is 3.75. The van der Waals surface area contributed by atoms with E-state index >= 15 is 0 Å². The van der Waals surface area contributed by atoms with Crippen LogP contribution in [-0.2, 0) is 0 Å². The Morgan fingerprint density at radius 2 is 2.21 bits per heavy atom. The second-order valence-electron chi connectivity index (χ2n) is 2.68. The van der Waals surface area contributed by atoms with Crippen LogP contribution in [-0.4, -0.2) is 40.9 Å². The van der Waals surface area contributed by atoms with Crippen molar-refractivity contribution in [2.24, 2.45) is 5.73 Å². The number of nitrogens with zero attached hydrogens (tertiary/aromatic N) is 3. The molecule has 0 aliphatic rings. The Hall–Kier alpha value is -2.05.